The Morgan fingerprint density at radius 2 is 1.75 bits per heavy atom. The maximum Gasteiger partial charge on any atom is 0.319 e. The second-order valence-electron chi connectivity index (χ2n) is 4.86. The van der Waals surface area contributed by atoms with Gasteiger partial charge in [-0.15, -0.1) is 0 Å². The SMILES string of the molecule is COc1ncc(NS(=O)(=O)c2cccc3ccccc23)c(OC)n1. The maximum atomic E-state index is 12.8. The van der Waals surface area contributed by atoms with E-state index >= 15 is 0 Å². The summed E-state index contributed by atoms with van der Waals surface area (Å²) < 4.78 is 38.0. The van der Waals surface area contributed by atoms with Gasteiger partial charge in [-0.05, 0) is 11.5 Å². The summed E-state index contributed by atoms with van der Waals surface area (Å²) in [7, 11) is -1.05. The van der Waals surface area contributed by atoms with Crippen LogP contribution in [-0.4, -0.2) is 32.6 Å². The van der Waals surface area contributed by atoms with Gasteiger partial charge in [-0.25, -0.2) is 13.4 Å². The van der Waals surface area contributed by atoms with Gasteiger partial charge in [0, 0.05) is 5.39 Å². The van der Waals surface area contributed by atoms with Crippen LogP contribution >= 0.6 is 0 Å². The number of hydrogen-bond acceptors (Lipinski definition) is 6. The third kappa shape index (κ3) is 2.95. The van der Waals surface area contributed by atoms with Crippen LogP contribution in [0.5, 0.6) is 11.9 Å². The molecule has 124 valence electrons. The van der Waals surface area contributed by atoms with Crippen LogP contribution in [0.25, 0.3) is 10.8 Å². The molecule has 0 bridgehead atoms. The molecule has 1 N–H and O–H groups in total. The number of sulfonamides is 1. The van der Waals surface area contributed by atoms with Crippen LogP contribution in [0.2, 0.25) is 0 Å². The lowest BCUT2D eigenvalue weighted by Crippen LogP contribution is -2.15. The number of nitrogens with zero attached hydrogens (tertiary/aromatic N) is 2. The lowest BCUT2D eigenvalue weighted by Gasteiger charge is -2.12. The zero-order valence-corrected chi connectivity index (χ0v) is 13.9. The summed E-state index contributed by atoms with van der Waals surface area (Å²) in [6.45, 7) is 0. The van der Waals surface area contributed by atoms with Gasteiger partial charge in [-0.3, -0.25) is 4.72 Å². The molecule has 0 radical (unpaired) electrons. The average Bonchev–Trinajstić information content (AvgIpc) is 2.61. The second kappa shape index (κ2) is 6.32. The molecule has 0 spiro atoms. The van der Waals surface area contributed by atoms with Crippen LogP contribution in [0.1, 0.15) is 0 Å². The van der Waals surface area contributed by atoms with Crippen LogP contribution in [0.15, 0.2) is 53.6 Å². The van der Waals surface area contributed by atoms with Crippen molar-refractivity contribution in [3.8, 4) is 11.9 Å². The van der Waals surface area contributed by atoms with Crippen LogP contribution in [0, 0.1) is 0 Å². The molecule has 0 aliphatic rings. The number of nitrogens with one attached hydrogen (secondary N) is 1. The molecule has 2 aromatic carbocycles. The summed E-state index contributed by atoms with van der Waals surface area (Å²) >= 11 is 0. The van der Waals surface area contributed by atoms with Gasteiger partial charge < -0.3 is 9.47 Å². The van der Waals surface area contributed by atoms with Crippen molar-refractivity contribution >= 4 is 26.5 Å². The van der Waals surface area contributed by atoms with E-state index in [4.69, 9.17) is 9.47 Å². The number of ether oxygens (including phenoxy) is 2. The quantitative estimate of drug-likeness (QED) is 0.764. The molecule has 24 heavy (non-hydrogen) atoms. The number of methoxy groups -OCH3 is 2. The van der Waals surface area contributed by atoms with Gasteiger partial charge in [-0.1, -0.05) is 36.4 Å². The molecule has 0 aliphatic heterocycles. The molecule has 0 unspecified atom stereocenters. The Bertz CT molecular complexity index is 984. The molecule has 0 saturated carbocycles. The normalized spacial score (nSPS) is 11.2. The molecule has 7 nitrogen and oxygen atoms in total. The first-order chi connectivity index (χ1) is 11.5. The molecule has 8 heteroatoms. The smallest absolute Gasteiger partial charge is 0.319 e. The van der Waals surface area contributed by atoms with Gasteiger partial charge in [0.1, 0.15) is 5.69 Å². The van der Waals surface area contributed by atoms with Crippen molar-refractivity contribution in [1.82, 2.24) is 9.97 Å². The van der Waals surface area contributed by atoms with E-state index in [9.17, 15) is 8.42 Å². The Balaban J connectivity index is 2.06. The van der Waals surface area contributed by atoms with Crippen molar-refractivity contribution < 1.29 is 17.9 Å². The first kappa shape index (κ1) is 16.0. The monoisotopic (exact) mass is 345 g/mol. The minimum absolute atomic E-state index is 0.0747. The fourth-order valence-electron chi connectivity index (χ4n) is 2.30. The zero-order chi connectivity index (χ0) is 17.2. The lowest BCUT2D eigenvalue weighted by molar-refractivity contribution is 0.353. The van der Waals surface area contributed by atoms with E-state index in [-0.39, 0.29) is 22.5 Å². The molecule has 0 aliphatic carbocycles. The fraction of sp³-hybridized carbons (Fsp3) is 0.125. The van der Waals surface area contributed by atoms with E-state index in [2.05, 4.69) is 14.7 Å². The summed E-state index contributed by atoms with van der Waals surface area (Å²) in [6, 6.07) is 12.4. The van der Waals surface area contributed by atoms with Crippen LogP contribution in [-0.2, 0) is 10.0 Å². The summed E-state index contributed by atoms with van der Waals surface area (Å²) in [5, 5.41) is 1.46. The van der Waals surface area contributed by atoms with Crippen molar-refractivity contribution in [2.24, 2.45) is 0 Å². The zero-order valence-electron chi connectivity index (χ0n) is 13.1. The Kier molecular flexibility index (Phi) is 4.22. The van der Waals surface area contributed by atoms with Crippen molar-refractivity contribution in [2.75, 3.05) is 18.9 Å². The van der Waals surface area contributed by atoms with Gasteiger partial charge in [-0.2, -0.15) is 4.98 Å². The van der Waals surface area contributed by atoms with Crippen LogP contribution < -0.4 is 14.2 Å². The van der Waals surface area contributed by atoms with Crippen molar-refractivity contribution in [2.45, 2.75) is 4.90 Å². The van der Waals surface area contributed by atoms with E-state index in [0.717, 1.165) is 5.39 Å². The van der Waals surface area contributed by atoms with Gasteiger partial charge in [0.15, 0.2) is 0 Å². The van der Waals surface area contributed by atoms with Gasteiger partial charge in [0.05, 0.1) is 25.3 Å². The van der Waals surface area contributed by atoms with E-state index in [1.165, 1.54) is 20.4 Å². The van der Waals surface area contributed by atoms with Crippen LogP contribution in [0.4, 0.5) is 5.69 Å². The highest BCUT2D eigenvalue weighted by Gasteiger charge is 2.20. The average molecular weight is 345 g/mol. The maximum absolute atomic E-state index is 12.8. The minimum atomic E-state index is -3.84. The van der Waals surface area contributed by atoms with E-state index < -0.39 is 10.0 Å². The van der Waals surface area contributed by atoms with Crippen molar-refractivity contribution in [1.29, 1.82) is 0 Å². The first-order valence-electron chi connectivity index (χ1n) is 7.01. The summed E-state index contributed by atoms with van der Waals surface area (Å²) in [5.74, 6) is 0.0747. The van der Waals surface area contributed by atoms with Crippen molar-refractivity contribution in [3.05, 3.63) is 48.7 Å². The Labute approximate surface area is 139 Å². The molecule has 0 saturated heterocycles. The molecule has 3 rings (SSSR count). The lowest BCUT2D eigenvalue weighted by atomic mass is 10.1. The van der Waals surface area contributed by atoms with E-state index in [1.54, 1.807) is 24.3 Å². The summed E-state index contributed by atoms with van der Waals surface area (Å²) in [4.78, 5) is 8.04. The Hall–Kier alpha value is -2.87. The van der Waals surface area contributed by atoms with Gasteiger partial charge in [0.25, 0.3) is 10.0 Å². The molecule has 1 aromatic heterocycles. The first-order valence-corrected chi connectivity index (χ1v) is 8.49. The van der Waals surface area contributed by atoms with E-state index in [1.807, 2.05) is 18.2 Å². The van der Waals surface area contributed by atoms with E-state index in [0.29, 0.717) is 5.39 Å². The molecule has 0 amide bonds. The standard InChI is InChI=1S/C16H15N3O4S/c1-22-15-13(10-17-16(18-15)23-2)19-24(20,21)14-9-5-7-11-6-3-4-8-12(11)14/h3-10,19H,1-2H3. The topological polar surface area (TPSA) is 90.4 Å². The number of fused-ring (bicyclic) bond motifs is 1. The highest BCUT2D eigenvalue weighted by atomic mass is 32.2. The number of rotatable bonds is 5. The van der Waals surface area contributed by atoms with Crippen molar-refractivity contribution in [3.63, 3.8) is 0 Å². The summed E-state index contributed by atoms with van der Waals surface area (Å²) in [6.07, 6.45) is 1.30. The fourth-order valence-corrected chi connectivity index (χ4v) is 3.58. The molecular weight excluding hydrogens is 330 g/mol. The minimum Gasteiger partial charge on any atom is -0.479 e. The molecular formula is C16H15N3O4S. The van der Waals surface area contributed by atoms with Gasteiger partial charge >= 0.3 is 6.01 Å². The summed E-state index contributed by atoms with van der Waals surface area (Å²) in [5.41, 5.74) is 0.131. The van der Waals surface area contributed by atoms with Crippen LogP contribution in [0.3, 0.4) is 0 Å². The second-order valence-corrected chi connectivity index (χ2v) is 6.51. The molecule has 0 atom stereocenters. The Morgan fingerprint density at radius 3 is 2.50 bits per heavy atom. The largest absolute Gasteiger partial charge is 0.479 e. The predicted octanol–water partition coefficient (Wildman–Crippen LogP) is 2.45. The number of hydrogen-bond donors (Lipinski definition) is 1. The molecule has 1 heterocycles. The third-order valence-corrected chi connectivity index (χ3v) is 4.81. The molecule has 0 fully saturated rings. The Morgan fingerprint density at radius 1 is 1.00 bits per heavy atom. The number of aromatic nitrogens is 2. The highest BCUT2D eigenvalue weighted by molar-refractivity contribution is 7.93. The highest BCUT2D eigenvalue weighted by Crippen LogP contribution is 2.28. The van der Waals surface area contributed by atoms with Gasteiger partial charge in [0.2, 0.25) is 5.88 Å². The molecule has 3 aromatic rings. The number of anilines is 1. The predicted molar refractivity (Wildman–Crippen MR) is 89.9 cm³/mol. The third-order valence-electron chi connectivity index (χ3n) is 3.39. The number of benzene rings is 2.